The van der Waals surface area contributed by atoms with Gasteiger partial charge in [0.1, 0.15) is 5.82 Å². The molecule has 172 valence electrons. The third kappa shape index (κ3) is 6.87. The molecule has 0 radical (unpaired) electrons. The highest BCUT2D eigenvalue weighted by atomic mass is 19.4. The van der Waals surface area contributed by atoms with Crippen LogP contribution in [0.1, 0.15) is 57.7 Å². The topological polar surface area (TPSA) is 83.7 Å². The number of nitrogens with zero attached hydrogens (tertiary/aromatic N) is 3. The van der Waals surface area contributed by atoms with Gasteiger partial charge in [-0.05, 0) is 26.2 Å². The molecule has 30 heavy (non-hydrogen) atoms. The highest BCUT2D eigenvalue weighted by Gasteiger charge is 2.57. The van der Waals surface area contributed by atoms with E-state index in [-0.39, 0.29) is 6.54 Å². The van der Waals surface area contributed by atoms with Gasteiger partial charge in [0.05, 0.1) is 6.10 Å². The number of guanidine groups is 1. The first kappa shape index (κ1) is 24.5. The van der Waals surface area contributed by atoms with Crippen LogP contribution in [-0.2, 0) is 17.4 Å². The lowest BCUT2D eigenvalue weighted by Gasteiger charge is -2.30. The predicted octanol–water partition coefficient (Wildman–Crippen LogP) is 2.85. The Labute approximate surface area is 176 Å². The van der Waals surface area contributed by atoms with Crippen molar-refractivity contribution < 1.29 is 23.0 Å². The standard InChI is InChI=1S/C20H34F3N5O2/c1-3-24-18(26-11-7-15-30-16-8-5-4-6-9-16)27-12-10-19(29,20(21,22)23)17-25-13-14-28(17)2/h13-14,16,29H,3-12,15H2,1-2H3,(H2,24,26,27). The van der Waals surface area contributed by atoms with Crippen molar-refractivity contribution in [2.75, 3.05) is 26.2 Å². The Bertz CT molecular complexity index is 659. The zero-order chi connectivity index (χ0) is 22.0. The number of aromatic nitrogens is 2. The molecule has 1 heterocycles. The third-order valence-corrected chi connectivity index (χ3v) is 5.26. The number of rotatable bonds is 10. The van der Waals surface area contributed by atoms with Crippen LogP contribution in [0.3, 0.4) is 0 Å². The number of halogens is 3. The Morgan fingerprint density at radius 1 is 1.30 bits per heavy atom. The van der Waals surface area contributed by atoms with Gasteiger partial charge in [0.15, 0.2) is 5.96 Å². The van der Waals surface area contributed by atoms with Gasteiger partial charge in [-0.2, -0.15) is 13.2 Å². The van der Waals surface area contributed by atoms with Crippen molar-refractivity contribution >= 4 is 5.96 Å². The highest BCUT2D eigenvalue weighted by Crippen LogP contribution is 2.40. The minimum absolute atomic E-state index is 0.118. The lowest BCUT2D eigenvalue weighted by Crippen LogP contribution is -2.48. The van der Waals surface area contributed by atoms with Crippen LogP contribution >= 0.6 is 0 Å². The van der Waals surface area contributed by atoms with Crippen LogP contribution in [0.2, 0.25) is 0 Å². The van der Waals surface area contributed by atoms with Crippen molar-refractivity contribution in [3.63, 3.8) is 0 Å². The highest BCUT2D eigenvalue weighted by molar-refractivity contribution is 5.79. The van der Waals surface area contributed by atoms with Crippen LogP contribution in [0.15, 0.2) is 17.4 Å². The molecule has 1 fully saturated rings. The number of aliphatic imine (C=N–C) groups is 1. The SMILES string of the molecule is CCNC(=NCCCOC1CCCCC1)NCCC(O)(c1nccn1C)C(F)(F)F. The van der Waals surface area contributed by atoms with Gasteiger partial charge in [0.25, 0.3) is 0 Å². The molecule has 1 aromatic rings. The van der Waals surface area contributed by atoms with Gasteiger partial charge < -0.3 is 25.0 Å². The molecular weight excluding hydrogens is 399 g/mol. The number of nitrogens with one attached hydrogen (secondary N) is 2. The summed E-state index contributed by atoms with van der Waals surface area (Å²) in [6.45, 7) is 3.47. The van der Waals surface area contributed by atoms with Crippen LogP contribution in [0.25, 0.3) is 0 Å². The minimum atomic E-state index is -4.85. The van der Waals surface area contributed by atoms with Gasteiger partial charge in [-0.1, -0.05) is 19.3 Å². The maximum absolute atomic E-state index is 13.6. The molecule has 1 aliphatic rings. The number of hydrogen-bond acceptors (Lipinski definition) is 4. The van der Waals surface area contributed by atoms with E-state index in [9.17, 15) is 18.3 Å². The molecule has 0 saturated heterocycles. The summed E-state index contributed by atoms with van der Waals surface area (Å²) < 4.78 is 47.8. The van der Waals surface area contributed by atoms with Gasteiger partial charge in [0.2, 0.25) is 5.60 Å². The number of alkyl halides is 3. The van der Waals surface area contributed by atoms with Crippen LogP contribution in [0, 0.1) is 0 Å². The molecule has 0 spiro atoms. The Morgan fingerprint density at radius 2 is 2.03 bits per heavy atom. The van der Waals surface area contributed by atoms with Crippen molar-refractivity contribution in [2.45, 2.75) is 69.8 Å². The molecule has 10 heteroatoms. The van der Waals surface area contributed by atoms with Gasteiger partial charge >= 0.3 is 6.18 Å². The maximum Gasteiger partial charge on any atom is 0.424 e. The lowest BCUT2D eigenvalue weighted by atomic mass is 9.97. The van der Waals surface area contributed by atoms with E-state index < -0.39 is 24.0 Å². The fourth-order valence-corrected chi connectivity index (χ4v) is 3.59. The molecule has 0 aromatic carbocycles. The molecule has 2 rings (SSSR count). The Kier molecular flexibility index (Phi) is 9.41. The Morgan fingerprint density at radius 3 is 2.63 bits per heavy atom. The predicted molar refractivity (Wildman–Crippen MR) is 109 cm³/mol. The maximum atomic E-state index is 13.6. The lowest BCUT2D eigenvalue weighted by molar-refractivity contribution is -0.272. The van der Waals surface area contributed by atoms with Gasteiger partial charge in [-0.25, -0.2) is 4.98 Å². The molecule has 0 aliphatic heterocycles. The fourth-order valence-electron chi connectivity index (χ4n) is 3.59. The Balaban J connectivity index is 1.83. The third-order valence-electron chi connectivity index (χ3n) is 5.26. The molecule has 0 bridgehead atoms. The second-order valence-corrected chi connectivity index (χ2v) is 7.64. The van der Waals surface area contributed by atoms with E-state index in [0.717, 1.165) is 19.3 Å². The zero-order valence-electron chi connectivity index (χ0n) is 17.8. The minimum Gasteiger partial charge on any atom is -0.378 e. The zero-order valence-corrected chi connectivity index (χ0v) is 17.8. The summed E-state index contributed by atoms with van der Waals surface area (Å²) in [7, 11) is 1.42. The van der Waals surface area contributed by atoms with E-state index in [4.69, 9.17) is 4.74 Å². The van der Waals surface area contributed by atoms with Gasteiger partial charge in [-0.15, -0.1) is 0 Å². The second-order valence-electron chi connectivity index (χ2n) is 7.64. The first-order valence-corrected chi connectivity index (χ1v) is 10.7. The van der Waals surface area contributed by atoms with Gasteiger partial charge in [0, 0.05) is 52.1 Å². The number of imidazole rings is 1. The van der Waals surface area contributed by atoms with Crippen LogP contribution in [0.5, 0.6) is 0 Å². The van der Waals surface area contributed by atoms with Crippen molar-refractivity contribution in [1.29, 1.82) is 0 Å². The first-order chi connectivity index (χ1) is 14.3. The number of aliphatic hydroxyl groups is 1. The second kappa shape index (κ2) is 11.5. The van der Waals surface area contributed by atoms with E-state index in [1.165, 1.54) is 43.3 Å². The molecule has 0 amide bonds. The van der Waals surface area contributed by atoms with Crippen molar-refractivity contribution in [1.82, 2.24) is 20.2 Å². The smallest absolute Gasteiger partial charge is 0.378 e. The van der Waals surface area contributed by atoms with E-state index in [2.05, 4.69) is 20.6 Å². The van der Waals surface area contributed by atoms with Gasteiger partial charge in [-0.3, -0.25) is 4.99 Å². The summed E-state index contributed by atoms with van der Waals surface area (Å²) in [6.07, 6.45) is 4.23. The number of ether oxygens (including phenoxy) is 1. The van der Waals surface area contributed by atoms with E-state index in [1.807, 2.05) is 6.92 Å². The average molecular weight is 434 g/mol. The van der Waals surface area contributed by atoms with Crippen LogP contribution in [-0.4, -0.2) is 59.1 Å². The fraction of sp³-hybridized carbons (Fsp3) is 0.800. The molecule has 1 saturated carbocycles. The molecule has 7 nitrogen and oxygen atoms in total. The molecule has 1 unspecified atom stereocenters. The summed E-state index contributed by atoms with van der Waals surface area (Å²) >= 11 is 0. The normalized spacial score (nSPS) is 18.3. The summed E-state index contributed by atoms with van der Waals surface area (Å²) in [4.78, 5) is 8.09. The van der Waals surface area contributed by atoms with Crippen molar-refractivity contribution in [3.05, 3.63) is 18.2 Å². The summed E-state index contributed by atoms with van der Waals surface area (Å²) in [5.41, 5.74) is -3.04. The molecular formula is C20H34F3N5O2. The summed E-state index contributed by atoms with van der Waals surface area (Å²) in [6, 6.07) is 0. The van der Waals surface area contributed by atoms with E-state index in [1.54, 1.807) is 0 Å². The molecule has 1 aliphatic carbocycles. The molecule has 1 aromatic heterocycles. The summed E-state index contributed by atoms with van der Waals surface area (Å²) in [5, 5.41) is 16.3. The quantitative estimate of drug-likeness (QED) is 0.300. The van der Waals surface area contributed by atoms with Crippen molar-refractivity contribution in [2.24, 2.45) is 12.0 Å². The Hall–Kier alpha value is -1.81. The van der Waals surface area contributed by atoms with E-state index in [0.29, 0.717) is 31.8 Å². The number of aryl methyl sites for hydroxylation is 1. The average Bonchev–Trinajstić information content (AvgIpc) is 3.14. The van der Waals surface area contributed by atoms with E-state index >= 15 is 0 Å². The molecule has 3 N–H and O–H groups in total. The monoisotopic (exact) mass is 433 g/mol. The van der Waals surface area contributed by atoms with Crippen LogP contribution < -0.4 is 10.6 Å². The van der Waals surface area contributed by atoms with Crippen LogP contribution in [0.4, 0.5) is 13.2 Å². The summed E-state index contributed by atoms with van der Waals surface area (Å²) in [5.74, 6) is -0.0156. The van der Waals surface area contributed by atoms with Crippen molar-refractivity contribution in [3.8, 4) is 0 Å². The largest absolute Gasteiger partial charge is 0.424 e. The first-order valence-electron chi connectivity index (χ1n) is 10.7. The number of hydrogen-bond donors (Lipinski definition) is 3. The molecule has 1 atom stereocenters.